The quantitative estimate of drug-likeness (QED) is 0.587. The molecule has 4 N–H and O–H groups in total. The summed E-state index contributed by atoms with van der Waals surface area (Å²) in [7, 11) is 0. The molecule has 7 nitrogen and oxygen atoms in total. The lowest BCUT2D eigenvalue weighted by Gasteiger charge is -2.37. The summed E-state index contributed by atoms with van der Waals surface area (Å²) in [4.78, 5) is 43.5. The smallest absolute Gasteiger partial charge is 0.331 e. The fourth-order valence-electron chi connectivity index (χ4n) is 4.34. The lowest BCUT2D eigenvalue weighted by atomic mass is 9.89. The van der Waals surface area contributed by atoms with E-state index in [1.165, 1.54) is 4.90 Å². The summed E-state index contributed by atoms with van der Waals surface area (Å²) in [5, 5.41) is 2.37. The molecule has 0 aromatic carbocycles. The van der Waals surface area contributed by atoms with Crippen molar-refractivity contribution in [2.24, 2.45) is 10.9 Å². The van der Waals surface area contributed by atoms with Crippen molar-refractivity contribution in [3.63, 3.8) is 0 Å². The van der Waals surface area contributed by atoms with E-state index in [9.17, 15) is 14.4 Å². The molecule has 138 valence electrons. The monoisotopic (exact) mass is 349 g/mol. The van der Waals surface area contributed by atoms with Crippen LogP contribution in [0.2, 0.25) is 0 Å². The first kappa shape index (κ1) is 18.0. The van der Waals surface area contributed by atoms with E-state index < -0.39 is 23.8 Å². The number of nitrogens with one attached hydrogen (secondary N) is 1. The van der Waals surface area contributed by atoms with Gasteiger partial charge in [-0.1, -0.05) is 25.7 Å². The van der Waals surface area contributed by atoms with Gasteiger partial charge in [0.1, 0.15) is 12.1 Å². The van der Waals surface area contributed by atoms with Gasteiger partial charge in [0, 0.05) is 18.2 Å². The maximum Gasteiger partial charge on any atom is 0.331 e. The number of hydrogen-bond donors (Lipinski definition) is 2. The van der Waals surface area contributed by atoms with Crippen LogP contribution in [0.4, 0.5) is 4.79 Å². The van der Waals surface area contributed by atoms with Crippen molar-refractivity contribution >= 4 is 23.6 Å². The Bertz CT molecular complexity index is 583. The molecule has 4 amide bonds. The Hall–Kier alpha value is -1.76. The zero-order chi connectivity index (χ0) is 18.0. The molecule has 0 bridgehead atoms. The van der Waals surface area contributed by atoms with Crippen LogP contribution in [0, 0.1) is 5.92 Å². The van der Waals surface area contributed by atoms with E-state index in [0.717, 1.165) is 57.8 Å². The number of nitrogens with zero attached hydrogens (tertiary/aromatic N) is 2. The second-order valence-electron chi connectivity index (χ2n) is 7.61. The van der Waals surface area contributed by atoms with Crippen LogP contribution in [-0.4, -0.2) is 46.6 Å². The van der Waals surface area contributed by atoms with Gasteiger partial charge in [-0.3, -0.25) is 24.8 Å². The summed E-state index contributed by atoms with van der Waals surface area (Å²) >= 11 is 0. The molecular weight excluding hydrogens is 320 g/mol. The number of amides is 4. The lowest BCUT2D eigenvalue weighted by molar-refractivity contribution is -0.428. The van der Waals surface area contributed by atoms with E-state index in [1.807, 2.05) is 0 Å². The van der Waals surface area contributed by atoms with E-state index >= 15 is 0 Å². The van der Waals surface area contributed by atoms with Gasteiger partial charge in [0.05, 0.1) is 0 Å². The van der Waals surface area contributed by atoms with Crippen LogP contribution >= 0.6 is 0 Å². The third kappa shape index (κ3) is 3.76. The minimum absolute atomic E-state index is 0.0649. The van der Waals surface area contributed by atoms with Gasteiger partial charge in [-0.05, 0) is 32.6 Å². The van der Waals surface area contributed by atoms with Crippen LogP contribution in [0.5, 0.6) is 0 Å². The molecule has 1 saturated heterocycles. The number of hydrogen-bond acceptors (Lipinski definition) is 4. The van der Waals surface area contributed by atoms with Crippen LogP contribution in [0.1, 0.15) is 64.7 Å². The zero-order valence-electron chi connectivity index (χ0n) is 15.0. The standard InChI is InChI=1S/C18H28N4O3/c1-11(20-14-10-6-5-9-13(14)19)15-16(23)21-18(25)22(17(15)24)12-7-3-2-4-8-12/h12-15H,2-10,19H2,1H3,(H,21,23,25)/p+1/t13-,14+,15?/m1/s1. The summed E-state index contributed by atoms with van der Waals surface area (Å²) in [6, 6.07) is -0.379. The molecule has 0 spiro atoms. The molecule has 3 aliphatic rings. The SMILES string of the molecule is CC(=N[C@H]1CCCC[C@H]1[NH3+])C1C(=O)NC(=O)N(C2CCCCC2)C1=O. The zero-order valence-corrected chi connectivity index (χ0v) is 15.0. The average molecular weight is 349 g/mol. The topological polar surface area (TPSA) is 106 Å². The Morgan fingerprint density at radius 1 is 1.04 bits per heavy atom. The van der Waals surface area contributed by atoms with E-state index in [0.29, 0.717) is 5.71 Å². The first-order valence-corrected chi connectivity index (χ1v) is 9.54. The number of imide groups is 2. The highest BCUT2D eigenvalue weighted by Gasteiger charge is 2.45. The fourth-order valence-corrected chi connectivity index (χ4v) is 4.34. The van der Waals surface area contributed by atoms with Crippen molar-refractivity contribution in [3.8, 4) is 0 Å². The highest BCUT2D eigenvalue weighted by atomic mass is 16.2. The summed E-state index contributed by atoms with van der Waals surface area (Å²) < 4.78 is 0. The van der Waals surface area contributed by atoms with Crippen LogP contribution in [-0.2, 0) is 9.59 Å². The predicted octanol–water partition coefficient (Wildman–Crippen LogP) is 1.03. The molecule has 1 unspecified atom stereocenters. The van der Waals surface area contributed by atoms with Crippen molar-refractivity contribution in [3.05, 3.63) is 0 Å². The van der Waals surface area contributed by atoms with E-state index in [-0.39, 0.29) is 18.1 Å². The van der Waals surface area contributed by atoms with E-state index in [1.54, 1.807) is 6.92 Å². The summed E-state index contributed by atoms with van der Waals surface area (Å²) in [6.45, 7) is 1.73. The maximum absolute atomic E-state index is 13.0. The van der Waals surface area contributed by atoms with Crippen LogP contribution in [0.15, 0.2) is 4.99 Å². The van der Waals surface area contributed by atoms with Crippen LogP contribution < -0.4 is 11.1 Å². The van der Waals surface area contributed by atoms with Gasteiger partial charge in [-0.25, -0.2) is 4.79 Å². The molecule has 25 heavy (non-hydrogen) atoms. The molecule has 1 aliphatic heterocycles. The molecular formula is C18H29N4O3+. The van der Waals surface area contributed by atoms with Crippen LogP contribution in [0.3, 0.4) is 0 Å². The average Bonchev–Trinajstić information content (AvgIpc) is 2.57. The Morgan fingerprint density at radius 3 is 2.36 bits per heavy atom. The number of urea groups is 1. The molecule has 3 rings (SSSR count). The predicted molar refractivity (Wildman–Crippen MR) is 92.8 cm³/mol. The van der Waals surface area contributed by atoms with Gasteiger partial charge in [0.15, 0.2) is 5.92 Å². The first-order chi connectivity index (χ1) is 12.0. The Kier molecular flexibility index (Phi) is 5.51. The molecule has 3 fully saturated rings. The number of barbiturate groups is 1. The highest BCUT2D eigenvalue weighted by Crippen LogP contribution is 2.27. The van der Waals surface area contributed by atoms with Crippen molar-refractivity contribution in [1.82, 2.24) is 10.2 Å². The number of quaternary nitrogens is 1. The largest absolute Gasteiger partial charge is 0.353 e. The number of rotatable bonds is 3. The molecule has 7 heteroatoms. The molecule has 0 radical (unpaired) electrons. The molecule has 0 aromatic rings. The van der Waals surface area contributed by atoms with Crippen molar-refractivity contribution in [2.75, 3.05) is 0 Å². The molecule has 0 aromatic heterocycles. The molecule has 1 heterocycles. The van der Waals surface area contributed by atoms with Gasteiger partial charge < -0.3 is 5.73 Å². The van der Waals surface area contributed by atoms with Gasteiger partial charge in [-0.15, -0.1) is 0 Å². The second kappa shape index (κ2) is 7.64. The highest BCUT2D eigenvalue weighted by molar-refractivity contribution is 6.27. The molecule has 2 aliphatic carbocycles. The van der Waals surface area contributed by atoms with Crippen LogP contribution in [0.25, 0.3) is 0 Å². The van der Waals surface area contributed by atoms with E-state index in [2.05, 4.69) is 16.0 Å². The van der Waals surface area contributed by atoms with Gasteiger partial charge in [-0.2, -0.15) is 0 Å². The summed E-state index contributed by atoms with van der Waals surface area (Å²) in [6.07, 6.45) is 9.03. The minimum atomic E-state index is -0.978. The number of carbonyl (C=O) groups excluding carboxylic acids is 3. The van der Waals surface area contributed by atoms with Gasteiger partial charge >= 0.3 is 6.03 Å². The number of carbonyl (C=O) groups is 3. The van der Waals surface area contributed by atoms with Gasteiger partial charge in [0.25, 0.3) is 0 Å². The third-order valence-electron chi connectivity index (χ3n) is 5.79. The maximum atomic E-state index is 13.0. The third-order valence-corrected chi connectivity index (χ3v) is 5.79. The minimum Gasteiger partial charge on any atom is -0.353 e. The Labute approximate surface area is 148 Å². The van der Waals surface area contributed by atoms with Crippen molar-refractivity contribution in [1.29, 1.82) is 0 Å². The summed E-state index contributed by atoms with van der Waals surface area (Å²) in [5.41, 5.74) is 4.67. The molecule has 2 saturated carbocycles. The van der Waals surface area contributed by atoms with Crippen molar-refractivity contribution in [2.45, 2.75) is 82.8 Å². The Morgan fingerprint density at radius 2 is 1.68 bits per heavy atom. The van der Waals surface area contributed by atoms with E-state index in [4.69, 9.17) is 0 Å². The van der Waals surface area contributed by atoms with Crippen molar-refractivity contribution < 1.29 is 20.1 Å². The van der Waals surface area contributed by atoms with Gasteiger partial charge in [0.2, 0.25) is 11.8 Å². The molecule has 3 atom stereocenters. The number of aliphatic imine (C=N–C) groups is 1. The Balaban J connectivity index is 1.80. The fraction of sp³-hybridized carbons (Fsp3) is 0.778. The normalized spacial score (nSPS) is 32.7. The first-order valence-electron chi connectivity index (χ1n) is 9.54. The summed E-state index contributed by atoms with van der Waals surface area (Å²) in [5.74, 6) is -1.92. The lowest BCUT2D eigenvalue weighted by Crippen LogP contribution is -2.67. The second-order valence-corrected chi connectivity index (χ2v) is 7.61.